The molecule has 0 radical (unpaired) electrons. The minimum absolute atomic E-state index is 0.126. The summed E-state index contributed by atoms with van der Waals surface area (Å²) in [5, 5.41) is 0. The Hall–Kier alpha value is -0.940. The highest BCUT2D eigenvalue weighted by molar-refractivity contribution is 5.25. The van der Waals surface area contributed by atoms with Crippen molar-refractivity contribution in [1.29, 1.82) is 0 Å². The molecule has 0 aromatic heterocycles. The minimum Gasteiger partial charge on any atom is -0.379 e. The van der Waals surface area contributed by atoms with Crippen LogP contribution in [-0.2, 0) is 14.2 Å². The standard InChI is InChI=1S/C53H95NO3/c1-9-10-11-12-13-14-15-16-17-18-19-20-21-22-23-24-37-55-42-47(41-54(7)8)57-39-26-38-56-46-33-35-52(5)45(40-46)29-30-48-50-32-31-49(44(4)28-25-27-43(2)3)53(50,6)36-34-51(48)52/h13-14,16-17,29,43-44,46-51H,9-12,15,18-28,30-42H2,1-8H3/b14-13-,17-16-/t44-,46+,47?,48+,49-,50+,51+,52+,53-/m1/s1. The largest absolute Gasteiger partial charge is 0.379 e. The van der Waals surface area contributed by atoms with Crippen LogP contribution in [0.2, 0.25) is 0 Å². The van der Waals surface area contributed by atoms with Crippen molar-refractivity contribution in [2.24, 2.45) is 46.3 Å². The number of hydrogen-bond donors (Lipinski definition) is 0. The van der Waals surface area contributed by atoms with Gasteiger partial charge >= 0.3 is 0 Å². The average molecular weight is 794 g/mol. The van der Waals surface area contributed by atoms with Crippen molar-refractivity contribution in [3.63, 3.8) is 0 Å². The molecule has 330 valence electrons. The molecule has 4 heteroatoms. The van der Waals surface area contributed by atoms with Crippen molar-refractivity contribution in [1.82, 2.24) is 4.90 Å². The van der Waals surface area contributed by atoms with Gasteiger partial charge in [0.25, 0.3) is 0 Å². The van der Waals surface area contributed by atoms with Crippen LogP contribution < -0.4 is 0 Å². The molecular formula is C53H95NO3. The second kappa shape index (κ2) is 26.4. The second-order valence-electron chi connectivity index (χ2n) is 20.8. The maximum Gasteiger partial charge on any atom is 0.0934 e. The number of hydrogen-bond acceptors (Lipinski definition) is 4. The summed E-state index contributed by atoms with van der Waals surface area (Å²) in [6, 6.07) is 0. The highest BCUT2D eigenvalue weighted by Gasteiger charge is 2.59. The number of ether oxygens (including phenoxy) is 3. The van der Waals surface area contributed by atoms with Gasteiger partial charge in [-0.2, -0.15) is 0 Å². The number of allylic oxidation sites excluding steroid dienone is 5. The molecule has 4 aliphatic carbocycles. The average Bonchev–Trinajstić information content (AvgIpc) is 3.54. The lowest BCUT2D eigenvalue weighted by Gasteiger charge is -2.58. The molecule has 4 aliphatic rings. The summed E-state index contributed by atoms with van der Waals surface area (Å²) in [7, 11) is 4.27. The van der Waals surface area contributed by atoms with Gasteiger partial charge in [-0.05, 0) is 157 Å². The predicted octanol–water partition coefficient (Wildman–Crippen LogP) is 14.6. The lowest BCUT2D eigenvalue weighted by molar-refractivity contribution is -0.0673. The first-order valence-electron chi connectivity index (χ1n) is 25.0. The van der Waals surface area contributed by atoms with Crippen LogP contribution in [0.15, 0.2) is 36.0 Å². The zero-order chi connectivity index (χ0) is 40.9. The molecule has 0 saturated heterocycles. The van der Waals surface area contributed by atoms with E-state index in [-0.39, 0.29) is 6.10 Å². The first-order valence-corrected chi connectivity index (χ1v) is 25.0. The Labute approximate surface area is 355 Å². The Morgan fingerprint density at radius 1 is 0.754 bits per heavy atom. The van der Waals surface area contributed by atoms with E-state index in [1.807, 2.05) is 0 Å². The van der Waals surface area contributed by atoms with Gasteiger partial charge in [-0.15, -0.1) is 0 Å². The van der Waals surface area contributed by atoms with Gasteiger partial charge in [-0.25, -0.2) is 0 Å². The zero-order valence-electron chi connectivity index (χ0n) is 39.2. The van der Waals surface area contributed by atoms with E-state index in [0.29, 0.717) is 23.5 Å². The Morgan fingerprint density at radius 3 is 2.23 bits per heavy atom. The van der Waals surface area contributed by atoms with Gasteiger partial charge in [0.1, 0.15) is 0 Å². The van der Waals surface area contributed by atoms with E-state index in [9.17, 15) is 0 Å². The van der Waals surface area contributed by atoms with Crippen LogP contribution >= 0.6 is 0 Å². The van der Waals surface area contributed by atoms with Gasteiger partial charge in [0.15, 0.2) is 0 Å². The third-order valence-corrected chi connectivity index (χ3v) is 15.6. The van der Waals surface area contributed by atoms with E-state index in [2.05, 4.69) is 90.9 Å². The number of fused-ring (bicyclic) bond motifs is 5. The van der Waals surface area contributed by atoms with Crippen molar-refractivity contribution in [2.75, 3.05) is 47.1 Å². The highest BCUT2D eigenvalue weighted by atomic mass is 16.5. The molecule has 1 unspecified atom stereocenters. The Balaban J connectivity index is 1.05. The maximum absolute atomic E-state index is 6.58. The van der Waals surface area contributed by atoms with Crippen molar-refractivity contribution in [2.45, 2.75) is 208 Å². The molecule has 4 nitrogen and oxygen atoms in total. The van der Waals surface area contributed by atoms with Crippen LogP contribution in [0.3, 0.4) is 0 Å². The Morgan fingerprint density at radius 2 is 1.49 bits per heavy atom. The summed E-state index contributed by atoms with van der Waals surface area (Å²) in [6.07, 6.45) is 44.1. The van der Waals surface area contributed by atoms with Crippen LogP contribution in [0.25, 0.3) is 0 Å². The summed E-state index contributed by atoms with van der Waals surface area (Å²) in [4.78, 5) is 2.22. The Kier molecular flexibility index (Phi) is 22.6. The summed E-state index contributed by atoms with van der Waals surface area (Å²) in [6.45, 7) is 19.0. The molecule has 4 rings (SSSR count). The molecule has 3 fully saturated rings. The fourth-order valence-corrected chi connectivity index (χ4v) is 12.3. The van der Waals surface area contributed by atoms with Crippen molar-refractivity contribution in [3.05, 3.63) is 36.0 Å². The SMILES string of the molecule is CCCCC/C=C\C/C=C\CCCCCCCCOCC(CN(C)C)OCCCO[C@H]1CC[C@@]2(C)C(=CC[C@H]3[C@@H]4CC[C@H]([C@H](C)CCCC(C)C)[C@@]4(C)CC[C@@H]32)C1. The summed E-state index contributed by atoms with van der Waals surface area (Å²) >= 11 is 0. The maximum atomic E-state index is 6.58. The highest BCUT2D eigenvalue weighted by Crippen LogP contribution is 2.67. The monoisotopic (exact) mass is 794 g/mol. The molecular weight excluding hydrogens is 699 g/mol. The van der Waals surface area contributed by atoms with Gasteiger partial charge in [-0.1, -0.05) is 135 Å². The molecule has 0 spiro atoms. The van der Waals surface area contributed by atoms with Gasteiger partial charge in [-0.3, -0.25) is 0 Å². The van der Waals surface area contributed by atoms with Crippen molar-refractivity contribution >= 4 is 0 Å². The van der Waals surface area contributed by atoms with Crippen LogP contribution in [0.1, 0.15) is 196 Å². The fourth-order valence-electron chi connectivity index (χ4n) is 12.3. The lowest BCUT2D eigenvalue weighted by Crippen LogP contribution is -2.51. The first kappa shape index (κ1) is 48.7. The van der Waals surface area contributed by atoms with Gasteiger partial charge in [0.05, 0.1) is 18.8 Å². The number of unbranched alkanes of at least 4 members (excludes halogenated alkanes) is 9. The van der Waals surface area contributed by atoms with Crippen LogP contribution in [0.5, 0.6) is 0 Å². The quantitative estimate of drug-likeness (QED) is 0.0535. The Bertz CT molecular complexity index is 1160. The van der Waals surface area contributed by atoms with E-state index in [4.69, 9.17) is 14.2 Å². The summed E-state index contributed by atoms with van der Waals surface area (Å²) in [5.74, 6) is 5.41. The number of rotatable bonds is 30. The zero-order valence-corrected chi connectivity index (χ0v) is 39.2. The molecule has 3 saturated carbocycles. The minimum atomic E-state index is 0.126. The molecule has 0 aromatic rings. The van der Waals surface area contributed by atoms with E-state index in [1.165, 1.54) is 128 Å². The van der Waals surface area contributed by atoms with E-state index >= 15 is 0 Å². The topological polar surface area (TPSA) is 30.9 Å². The van der Waals surface area contributed by atoms with E-state index < -0.39 is 0 Å². The molecule has 0 amide bonds. The number of nitrogens with zero attached hydrogens (tertiary/aromatic N) is 1. The van der Waals surface area contributed by atoms with Gasteiger partial charge in [0.2, 0.25) is 0 Å². The molecule has 0 heterocycles. The molecule has 0 aliphatic heterocycles. The normalized spacial score (nSPS) is 29.9. The molecule has 0 N–H and O–H groups in total. The van der Waals surface area contributed by atoms with Crippen LogP contribution in [0.4, 0.5) is 0 Å². The first-order chi connectivity index (χ1) is 27.6. The van der Waals surface area contributed by atoms with Gasteiger partial charge in [0, 0.05) is 26.4 Å². The van der Waals surface area contributed by atoms with Crippen molar-refractivity contribution in [3.8, 4) is 0 Å². The summed E-state index contributed by atoms with van der Waals surface area (Å²) < 4.78 is 19.1. The third-order valence-electron chi connectivity index (χ3n) is 15.6. The van der Waals surface area contributed by atoms with Gasteiger partial charge < -0.3 is 19.1 Å². The van der Waals surface area contributed by atoms with Crippen LogP contribution in [0, 0.1) is 46.3 Å². The van der Waals surface area contributed by atoms with Crippen LogP contribution in [-0.4, -0.2) is 64.2 Å². The third kappa shape index (κ3) is 15.8. The molecule has 0 aromatic carbocycles. The second-order valence-corrected chi connectivity index (χ2v) is 20.8. The molecule has 0 bridgehead atoms. The smallest absolute Gasteiger partial charge is 0.0934 e. The number of likely N-dealkylation sites (N-methyl/N-ethyl adjacent to an activating group) is 1. The summed E-state index contributed by atoms with van der Waals surface area (Å²) in [5.41, 5.74) is 2.72. The molecule has 9 atom stereocenters. The van der Waals surface area contributed by atoms with E-state index in [1.54, 1.807) is 5.57 Å². The lowest BCUT2D eigenvalue weighted by atomic mass is 9.47. The molecule has 57 heavy (non-hydrogen) atoms. The fraction of sp³-hybridized carbons (Fsp3) is 0.887. The van der Waals surface area contributed by atoms with E-state index in [0.717, 1.165) is 87.6 Å². The van der Waals surface area contributed by atoms with Crippen molar-refractivity contribution < 1.29 is 14.2 Å². The predicted molar refractivity (Wildman–Crippen MR) is 246 cm³/mol.